The third-order valence-corrected chi connectivity index (χ3v) is 2.39. The lowest BCUT2D eigenvalue weighted by atomic mass is 10.2. The van der Waals surface area contributed by atoms with Crippen LogP contribution in [0, 0.1) is 0 Å². The van der Waals surface area contributed by atoms with E-state index in [1.165, 1.54) is 12.8 Å². The van der Waals surface area contributed by atoms with Crippen LogP contribution in [0.25, 0.3) is 0 Å². The molecule has 0 radical (unpaired) electrons. The van der Waals surface area contributed by atoms with Gasteiger partial charge in [0.05, 0.1) is 6.54 Å². The van der Waals surface area contributed by atoms with Crippen LogP contribution in [-0.4, -0.2) is 6.04 Å². The molecule has 0 amide bonds. The minimum Gasteiger partial charge on any atom is -0.464 e. The van der Waals surface area contributed by atoms with Crippen molar-refractivity contribution in [1.29, 1.82) is 0 Å². The first-order valence-corrected chi connectivity index (χ1v) is 5.07. The first-order chi connectivity index (χ1) is 6.25. The molecule has 1 aliphatic rings. The molecule has 2 rings (SSSR count). The highest BCUT2D eigenvalue weighted by molar-refractivity contribution is 5.10. The van der Waals surface area contributed by atoms with Gasteiger partial charge in [-0.2, -0.15) is 0 Å². The average molecular weight is 179 g/mol. The second-order valence-electron chi connectivity index (χ2n) is 4.11. The van der Waals surface area contributed by atoms with E-state index in [9.17, 15) is 0 Å². The summed E-state index contributed by atoms with van der Waals surface area (Å²) < 4.78 is 5.66. The third-order valence-electron chi connectivity index (χ3n) is 2.39. The van der Waals surface area contributed by atoms with Crippen molar-refractivity contribution in [3.8, 4) is 0 Å². The van der Waals surface area contributed by atoms with Crippen molar-refractivity contribution < 1.29 is 4.42 Å². The van der Waals surface area contributed by atoms with Crippen molar-refractivity contribution in [2.45, 2.75) is 45.2 Å². The summed E-state index contributed by atoms with van der Waals surface area (Å²) in [5.41, 5.74) is 0. The van der Waals surface area contributed by atoms with Gasteiger partial charge in [-0.25, -0.2) is 0 Å². The van der Waals surface area contributed by atoms with Gasteiger partial charge in [-0.3, -0.25) is 0 Å². The van der Waals surface area contributed by atoms with Crippen LogP contribution in [0.1, 0.15) is 44.1 Å². The van der Waals surface area contributed by atoms with Crippen LogP contribution in [0.3, 0.4) is 0 Å². The minimum atomic E-state index is 0.495. The lowest BCUT2D eigenvalue weighted by Gasteiger charge is -2.00. The largest absolute Gasteiger partial charge is 0.464 e. The molecule has 1 saturated carbocycles. The number of hydrogen-bond donors (Lipinski definition) is 1. The van der Waals surface area contributed by atoms with Gasteiger partial charge in [0.2, 0.25) is 0 Å². The maximum atomic E-state index is 5.66. The summed E-state index contributed by atoms with van der Waals surface area (Å²) in [6, 6.07) is 4.91. The zero-order valence-electron chi connectivity index (χ0n) is 8.34. The topological polar surface area (TPSA) is 25.2 Å². The minimum absolute atomic E-state index is 0.495. The highest BCUT2D eigenvalue weighted by Gasteiger charge is 2.20. The van der Waals surface area contributed by atoms with Crippen molar-refractivity contribution in [2.75, 3.05) is 0 Å². The summed E-state index contributed by atoms with van der Waals surface area (Å²) in [6.45, 7) is 5.19. The maximum absolute atomic E-state index is 5.66. The Hall–Kier alpha value is -0.760. The van der Waals surface area contributed by atoms with Gasteiger partial charge in [-0.05, 0) is 25.0 Å². The van der Waals surface area contributed by atoms with E-state index in [1.807, 2.05) is 0 Å². The highest BCUT2D eigenvalue weighted by Crippen LogP contribution is 2.21. The lowest BCUT2D eigenvalue weighted by molar-refractivity contribution is 0.431. The monoisotopic (exact) mass is 179 g/mol. The van der Waals surface area contributed by atoms with Crippen LogP contribution in [0.15, 0.2) is 16.5 Å². The molecule has 0 unspecified atom stereocenters. The summed E-state index contributed by atoms with van der Waals surface area (Å²) in [5, 5.41) is 3.43. The van der Waals surface area contributed by atoms with E-state index in [2.05, 4.69) is 31.3 Å². The Morgan fingerprint density at radius 3 is 2.77 bits per heavy atom. The van der Waals surface area contributed by atoms with E-state index in [0.29, 0.717) is 5.92 Å². The number of hydrogen-bond acceptors (Lipinski definition) is 2. The molecule has 1 fully saturated rings. The van der Waals surface area contributed by atoms with Crippen molar-refractivity contribution in [3.05, 3.63) is 23.7 Å². The molecule has 0 spiro atoms. The van der Waals surface area contributed by atoms with Gasteiger partial charge in [0, 0.05) is 12.0 Å². The predicted molar refractivity (Wildman–Crippen MR) is 52.7 cm³/mol. The molecule has 0 bridgehead atoms. The Kier molecular flexibility index (Phi) is 2.40. The van der Waals surface area contributed by atoms with E-state index in [0.717, 1.165) is 24.1 Å². The molecule has 0 atom stereocenters. The molecule has 72 valence electrons. The quantitative estimate of drug-likeness (QED) is 0.768. The zero-order chi connectivity index (χ0) is 9.26. The Bertz CT molecular complexity index is 273. The van der Waals surface area contributed by atoms with Crippen molar-refractivity contribution in [1.82, 2.24) is 5.32 Å². The fourth-order valence-electron chi connectivity index (χ4n) is 1.33. The van der Waals surface area contributed by atoms with E-state index in [1.54, 1.807) is 0 Å². The smallest absolute Gasteiger partial charge is 0.117 e. The summed E-state index contributed by atoms with van der Waals surface area (Å²) in [4.78, 5) is 0. The zero-order valence-corrected chi connectivity index (χ0v) is 8.34. The Balaban J connectivity index is 1.88. The number of rotatable bonds is 4. The molecule has 1 aromatic heterocycles. The third kappa shape index (κ3) is 2.34. The fourth-order valence-corrected chi connectivity index (χ4v) is 1.33. The Morgan fingerprint density at radius 2 is 2.23 bits per heavy atom. The van der Waals surface area contributed by atoms with E-state index >= 15 is 0 Å². The Morgan fingerprint density at radius 1 is 1.46 bits per heavy atom. The van der Waals surface area contributed by atoms with Gasteiger partial charge >= 0.3 is 0 Å². The summed E-state index contributed by atoms with van der Waals surface area (Å²) in [5.74, 6) is 2.65. The lowest BCUT2D eigenvalue weighted by Crippen LogP contribution is -2.14. The molecule has 1 N–H and O–H groups in total. The second kappa shape index (κ2) is 3.54. The molecule has 2 nitrogen and oxygen atoms in total. The van der Waals surface area contributed by atoms with E-state index in [-0.39, 0.29) is 0 Å². The van der Waals surface area contributed by atoms with Crippen LogP contribution in [-0.2, 0) is 6.54 Å². The molecule has 0 saturated heterocycles. The van der Waals surface area contributed by atoms with Crippen molar-refractivity contribution in [3.63, 3.8) is 0 Å². The van der Waals surface area contributed by atoms with Gasteiger partial charge in [0.15, 0.2) is 0 Å². The normalized spacial score (nSPS) is 16.8. The van der Waals surface area contributed by atoms with Crippen LogP contribution in [0.5, 0.6) is 0 Å². The van der Waals surface area contributed by atoms with Crippen LogP contribution in [0.2, 0.25) is 0 Å². The molecule has 2 heteroatoms. The van der Waals surface area contributed by atoms with E-state index < -0.39 is 0 Å². The van der Waals surface area contributed by atoms with Gasteiger partial charge in [0.1, 0.15) is 11.5 Å². The first kappa shape index (κ1) is 8.82. The summed E-state index contributed by atoms with van der Waals surface area (Å²) in [7, 11) is 0. The van der Waals surface area contributed by atoms with Gasteiger partial charge in [-0.15, -0.1) is 0 Å². The molecule has 1 heterocycles. The predicted octanol–water partition coefficient (Wildman–Crippen LogP) is 2.66. The molecule has 1 aromatic rings. The average Bonchev–Trinajstić information content (AvgIpc) is 2.79. The maximum Gasteiger partial charge on any atom is 0.117 e. The van der Waals surface area contributed by atoms with Gasteiger partial charge in [0.25, 0.3) is 0 Å². The second-order valence-corrected chi connectivity index (χ2v) is 4.11. The molecule has 0 aromatic carbocycles. The van der Waals surface area contributed by atoms with Crippen molar-refractivity contribution in [2.24, 2.45) is 0 Å². The van der Waals surface area contributed by atoms with Crippen LogP contribution in [0.4, 0.5) is 0 Å². The van der Waals surface area contributed by atoms with E-state index in [4.69, 9.17) is 4.42 Å². The Labute approximate surface area is 79.3 Å². The van der Waals surface area contributed by atoms with Crippen LogP contribution >= 0.6 is 0 Å². The summed E-state index contributed by atoms with van der Waals surface area (Å²) >= 11 is 0. The fraction of sp³-hybridized carbons (Fsp3) is 0.636. The number of furan rings is 1. The van der Waals surface area contributed by atoms with Crippen molar-refractivity contribution >= 4 is 0 Å². The highest BCUT2D eigenvalue weighted by atomic mass is 16.3. The molecular weight excluding hydrogens is 162 g/mol. The summed E-state index contributed by atoms with van der Waals surface area (Å²) in [6.07, 6.45) is 2.66. The first-order valence-electron chi connectivity index (χ1n) is 5.07. The van der Waals surface area contributed by atoms with Crippen LogP contribution < -0.4 is 5.32 Å². The standard InChI is InChI=1S/C11H17NO/c1-8(2)11-6-5-10(13-11)7-12-9-3-4-9/h5-6,8-9,12H,3-4,7H2,1-2H3. The number of nitrogens with one attached hydrogen (secondary N) is 1. The molecule has 13 heavy (non-hydrogen) atoms. The molecule has 1 aliphatic carbocycles. The SMILES string of the molecule is CC(C)c1ccc(CNC2CC2)o1. The molecular formula is C11H17NO. The molecule has 0 aliphatic heterocycles. The van der Waals surface area contributed by atoms with Gasteiger partial charge < -0.3 is 9.73 Å². The van der Waals surface area contributed by atoms with Gasteiger partial charge in [-0.1, -0.05) is 13.8 Å².